The fraction of sp³-hybridized carbons (Fsp3) is 0.462. The normalized spacial score (nSPS) is 15.1. The van der Waals surface area contributed by atoms with Gasteiger partial charge in [-0.05, 0) is 36.5 Å². The van der Waals surface area contributed by atoms with Crippen LogP contribution in [0, 0.1) is 0 Å². The van der Waals surface area contributed by atoms with Crippen molar-refractivity contribution in [3.05, 3.63) is 29.8 Å². The van der Waals surface area contributed by atoms with Crippen LogP contribution in [0.3, 0.4) is 0 Å². The second kappa shape index (κ2) is 5.92. The molecule has 1 aromatic carbocycles. The van der Waals surface area contributed by atoms with Gasteiger partial charge in [-0.3, -0.25) is 0 Å². The van der Waals surface area contributed by atoms with Crippen molar-refractivity contribution in [2.75, 3.05) is 17.7 Å². The number of hydrogen-bond donors (Lipinski definition) is 2. The fourth-order valence-electron chi connectivity index (χ4n) is 1.92. The average Bonchev–Trinajstić information content (AvgIpc) is 2.27. The summed E-state index contributed by atoms with van der Waals surface area (Å²) in [5.74, 6) is 1.16. The largest absolute Gasteiger partial charge is 0.337 e. The second-order valence-electron chi connectivity index (χ2n) is 4.32. The van der Waals surface area contributed by atoms with E-state index in [0.29, 0.717) is 12.4 Å². The molecule has 2 rings (SSSR count). The van der Waals surface area contributed by atoms with Crippen molar-refractivity contribution in [3.63, 3.8) is 0 Å². The quantitative estimate of drug-likeness (QED) is 0.793. The molecule has 0 aliphatic heterocycles. The van der Waals surface area contributed by atoms with Crippen LogP contribution in [-0.4, -0.2) is 18.5 Å². The third-order valence-electron chi connectivity index (χ3n) is 3.13. The van der Waals surface area contributed by atoms with E-state index in [4.69, 9.17) is 11.6 Å². The summed E-state index contributed by atoms with van der Waals surface area (Å²) in [4.78, 5) is 11.4. The first-order valence-corrected chi connectivity index (χ1v) is 6.54. The Balaban J connectivity index is 1.86. The number of nitrogens with one attached hydrogen (secondary N) is 2. The molecular weight excluding hydrogens is 236 g/mol. The van der Waals surface area contributed by atoms with Crippen LogP contribution in [0.5, 0.6) is 0 Å². The number of benzene rings is 1. The van der Waals surface area contributed by atoms with Crippen LogP contribution in [0.2, 0.25) is 0 Å². The van der Waals surface area contributed by atoms with Gasteiger partial charge in [-0.2, -0.15) is 0 Å². The zero-order valence-corrected chi connectivity index (χ0v) is 10.5. The van der Waals surface area contributed by atoms with E-state index < -0.39 is 0 Å². The van der Waals surface area contributed by atoms with Crippen molar-refractivity contribution in [3.8, 4) is 0 Å². The van der Waals surface area contributed by atoms with Gasteiger partial charge in [0.1, 0.15) is 0 Å². The molecule has 17 heavy (non-hydrogen) atoms. The van der Waals surface area contributed by atoms with Crippen LogP contribution in [0.1, 0.15) is 30.7 Å². The van der Waals surface area contributed by atoms with Gasteiger partial charge in [0.25, 0.3) is 0 Å². The van der Waals surface area contributed by atoms with Crippen LogP contribution >= 0.6 is 11.6 Å². The highest BCUT2D eigenvalue weighted by molar-refractivity contribution is 6.18. The van der Waals surface area contributed by atoms with Gasteiger partial charge < -0.3 is 10.6 Å². The molecule has 0 spiro atoms. The van der Waals surface area contributed by atoms with Crippen molar-refractivity contribution >= 4 is 23.3 Å². The van der Waals surface area contributed by atoms with Gasteiger partial charge in [0.15, 0.2) is 0 Å². The van der Waals surface area contributed by atoms with Crippen molar-refractivity contribution in [2.45, 2.75) is 25.2 Å². The number of carbonyl (C=O) groups excluding carboxylic acids is 1. The summed E-state index contributed by atoms with van der Waals surface area (Å²) in [5.41, 5.74) is 2.20. The first-order valence-electron chi connectivity index (χ1n) is 6.00. The molecule has 2 N–H and O–H groups in total. The maximum atomic E-state index is 11.4. The second-order valence-corrected chi connectivity index (χ2v) is 4.70. The highest BCUT2D eigenvalue weighted by Gasteiger charge is 2.18. The Morgan fingerprint density at radius 3 is 2.53 bits per heavy atom. The number of hydrogen-bond acceptors (Lipinski definition) is 1. The van der Waals surface area contributed by atoms with Gasteiger partial charge >= 0.3 is 6.03 Å². The van der Waals surface area contributed by atoms with Gasteiger partial charge in [0.2, 0.25) is 0 Å². The zero-order valence-electron chi connectivity index (χ0n) is 9.71. The number of alkyl halides is 1. The third kappa shape index (κ3) is 3.37. The SMILES string of the molecule is O=C(NCCCl)Nc1ccc(C2CCC2)cc1. The molecule has 1 saturated carbocycles. The molecule has 1 fully saturated rings. The first kappa shape index (κ1) is 12.2. The fourth-order valence-corrected chi connectivity index (χ4v) is 2.01. The molecule has 2 amide bonds. The Kier molecular flexibility index (Phi) is 4.26. The number of rotatable bonds is 4. The molecule has 4 heteroatoms. The predicted molar refractivity (Wildman–Crippen MR) is 70.8 cm³/mol. The minimum Gasteiger partial charge on any atom is -0.337 e. The van der Waals surface area contributed by atoms with E-state index in [0.717, 1.165) is 11.6 Å². The zero-order chi connectivity index (χ0) is 12.1. The van der Waals surface area contributed by atoms with Crippen molar-refractivity contribution in [1.29, 1.82) is 0 Å². The van der Waals surface area contributed by atoms with Crippen molar-refractivity contribution in [2.24, 2.45) is 0 Å². The molecular formula is C13H17ClN2O. The van der Waals surface area contributed by atoms with E-state index in [1.807, 2.05) is 12.1 Å². The average molecular weight is 253 g/mol. The van der Waals surface area contributed by atoms with E-state index in [2.05, 4.69) is 22.8 Å². The summed E-state index contributed by atoms with van der Waals surface area (Å²) in [6.07, 6.45) is 3.93. The molecule has 92 valence electrons. The van der Waals surface area contributed by atoms with Crippen molar-refractivity contribution < 1.29 is 4.79 Å². The molecule has 1 aliphatic carbocycles. The molecule has 0 heterocycles. The first-order chi connectivity index (χ1) is 8.29. The molecule has 0 saturated heterocycles. The van der Waals surface area contributed by atoms with Gasteiger partial charge in [-0.1, -0.05) is 18.6 Å². The Morgan fingerprint density at radius 1 is 1.29 bits per heavy atom. The van der Waals surface area contributed by atoms with Gasteiger partial charge in [0, 0.05) is 18.1 Å². The summed E-state index contributed by atoms with van der Waals surface area (Å²) >= 11 is 5.48. The Morgan fingerprint density at radius 2 is 2.00 bits per heavy atom. The minimum absolute atomic E-state index is 0.206. The van der Waals surface area contributed by atoms with E-state index in [9.17, 15) is 4.79 Å². The van der Waals surface area contributed by atoms with Crippen molar-refractivity contribution in [1.82, 2.24) is 5.32 Å². The van der Waals surface area contributed by atoms with Crippen LogP contribution in [0.15, 0.2) is 24.3 Å². The smallest absolute Gasteiger partial charge is 0.319 e. The van der Waals surface area contributed by atoms with Gasteiger partial charge in [-0.25, -0.2) is 4.79 Å². The van der Waals surface area contributed by atoms with E-state index in [-0.39, 0.29) is 6.03 Å². The lowest BCUT2D eigenvalue weighted by Crippen LogP contribution is -2.30. The molecule has 1 aromatic rings. The van der Waals surface area contributed by atoms with E-state index in [1.54, 1.807) is 0 Å². The number of amides is 2. The van der Waals surface area contributed by atoms with Crippen LogP contribution in [-0.2, 0) is 0 Å². The number of anilines is 1. The standard InChI is InChI=1S/C13H17ClN2O/c14-8-9-15-13(17)16-12-6-4-11(5-7-12)10-2-1-3-10/h4-7,10H,1-3,8-9H2,(H2,15,16,17). The topological polar surface area (TPSA) is 41.1 Å². The molecule has 0 atom stereocenters. The summed E-state index contributed by atoms with van der Waals surface area (Å²) in [6.45, 7) is 0.480. The lowest BCUT2D eigenvalue weighted by Gasteiger charge is -2.25. The minimum atomic E-state index is -0.206. The molecule has 0 unspecified atom stereocenters. The lowest BCUT2D eigenvalue weighted by molar-refractivity contribution is 0.252. The summed E-state index contributed by atoms with van der Waals surface area (Å²) in [5, 5.41) is 5.43. The molecule has 0 aromatic heterocycles. The van der Waals surface area contributed by atoms with Gasteiger partial charge in [-0.15, -0.1) is 11.6 Å². The molecule has 3 nitrogen and oxygen atoms in total. The van der Waals surface area contributed by atoms with Crippen LogP contribution < -0.4 is 10.6 Å². The number of carbonyl (C=O) groups is 1. The predicted octanol–water partition coefficient (Wildman–Crippen LogP) is 3.31. The van der Waals surface area contributed by atoms with E-state index >= 15 is 0 Å². The lowest BCUT2D eigenvalue weighted by atomic mass is 9.80. The van der Waals surface area contributed by atoms with E-state index in [1.165, 1.54) is 24.8 Å². The van der Waals surface area contributed by atoms with Gasteiger partial charge in [0.05, 0.1) is 0 Å². The van der Waals surface area contributed by atoms with Crippen LogP contribution in [0.25, 0.3) is 0 Å². The summed E-state index contributed by atoms with van der Waals surface area (Å²) in [7, 11) is 0. The number of halogens is 1. The molecule has 1 aliphatic rings. The third-order valence-corrected chi connectivity index (χ3v) is 3.31. The highest BCUT2D eigenvalue weighted by Crippen LogP contribution is 2.36. The molecule has 0 radical (unpaired) electrons. The Hall–Kier alpha value is -1.22. The van der Waals surface area contributed by atoms with Crippen LogP contribution in [0.4, 0.5) is 10.5 Å². The highest BCUT2D eigenvalue weighted by atomic mass is 35.5. The Bertz CT molecular complexity index is 374. The number of urea groups is 1. The molecule has 0 bridgehead atoms. The monoisotopic (exact) mass is 252 g/mol. The maximum Gasteiger partial charge on any atom is 0.319 e. The maximum absolute atomic E-state index is 11.4. The Labute approximate surface area is 107 Å². The summed E-state index contributed by atoms with van der Waals surface area (Å²) in [6, 6.07) is 7.89. The summed E-state index contributed by atoms with van der Waals surface area (Å²) < 4.78 is 0.